The molecule has 20 heavy (non-hydrogen) atoms. The highest BCUT2D eigenvalue weighted by Gasteiger charge is 2.32. The third-order valence-electron chi connectivity index (χ3n) is 4.58. The van der Waals surface area contributed by atoms with Crippen molar-refractivity contribution in [3.8, 4) is 0 Å². The van der Waals surface area contributed by atoms with Crippen LogP contribution in [-0.2, 0) is 6.54 Å². The zero-order valence-electron chi connectivity index (χ0n) is 11.6. The van der Waals surface area contributed by atoms with Crippen LogP contribution in [0.15, 0.2) is 30.5 Å². The number of hydrazine groups is 1. The standard InChI is InChI=1S/C15H21N5/c1-2-4-15-12(3-1)11-20(18-15)8-7-19-6-5-14-13(10-19)9-16-17-14/h1-4,11,13-14,16-17H,5-10H2. The van der Waals surface area contributed by atoms with E-state index in [9.17, 15) is 0 Å². The van der Waals surface area contributed by atoms with E-state index in [1.165, 1.54) is 24.9 Å². The minimum absolute atomic E-state index is 0.679. The third kappa shape index (κ3) is 2.32. The highest BCUT2D eigenvalue weighted by molar-refractivity contribution is 5.77. The number of rotatable bonds is 3. The summed E-state index contributed by atoms with van der Waals surface area (Å²) in [4.78, 5) is 2.57. The van der Waals surface area contributed by atoms with Gasteiger partial charge in [0.25, 0.3) is 0 Å². The molecule has 5 heteroatoms. The number of hydrogen-bond acceptors (Lipinski definition) is 4. The lowest BCUT2D eigenvalue weighted by Gasteiger charge is -2.33. The Hall–Kier alpha value is -1.43. The van der Waals surface area contributed by atoms with Crippen LogP contribution >= 0.6 is 0 Å². The number of nitrogens with zero attached hydrogens (tertiary/aromatic N) is 3. The van der Waals surface area contributed by atoms with E-state index >= 15 is 0 Å². The van der Waals surface area contributed by atoms with Crippen LogP contribution in [0.25, 0.3) is 10.9 Å². The van der Waals surface area contributed by atoms with Gasteiger partial charge in [-0.1, -0.05) is 18.2 Å². The number of aromatic nitrogens is 2. The van der Waals surface area contributed by atoms with Gasteiger partial charge in [0.05, 0.1) is 12.1 Å². The molecule has 5 nitrogen and oxygen atoms in total. The Morgan fingerprint density at radius 2 is 2.20 bits per heavy atom. The average molecular weight is 271 g/mol. The molecule has 2 N–H and O–H groups in total. The highest BCUT2D eigenvalue weighted by Crippen LogP contribution is 2.19. The predicted octanol–water partition coefficient (Wildman–Crippen LogP) is 0.835. The van der Waals surface area contributed by atoms with Crippen molar-refractivity contribution in [1.29, 1.82) is 0 Å². The van der Waals surface area contributed by atoms with E-state index in [1.807, 2.05) is 6.07 Å². The van der Waals surface area contributed by atoms with Crippen LogP contribution in [-0.4, -0.2) is 46.9 Å². The first-order valence-electron chi connectivity index (χ1n) is 7.51. The monoisotopic (exact) mass is 271 g/mol. The first-order valence-corrected chi connectivity index (χ1v) is 7.51. The molecule has 2 aliphatic rings. The maximum Gasteiger partial charge on any atom is 0.0923 e. The van der Waals surface area contributed by atoms with Gasteiger partial charge in [-0.2, -0.15) is 5.10 Å². The first-order chi connectivity index (χ1) is 9.88. The summed E-state index contributed by atoms with van der Waals surface area (Å²) in [5.41, 5.74) is 7.75. The smallest absolute Gasteiger partial charge is 0.0923 e. The number of nitrogens with one attached hydrogen (secondary N) is 2. The summed E-state index contributed by atoms with van der Waals surface area (Å²) in [6, 6.07) is 9.00. The van der Waals surface area contributed by atoms with Gasteiger partial charge < -0.3 is 4.90 Å². The molecule has 0 saturated carbocycles. The molecule has 2 aliphatic heterocycles. The SMILES string of the molecule is c1ccc2nn(CCN3CCC4NNCC4C3)cc2c1. The van der Waals surface area contributed by atoms with Crippen molar-refractivity contribution >= 4 is 10.9 Å². The van der Waals surface area contributed by atoms with Crippen LogP contribution in [0.2, 0.25) is 0 Å². The van der Waals surface area contributed by atoms with Gasteiger partial charge >= 0.3 is 0 Å². The Morgan fingerprint density at radius 3 is 3.15 bits per heavy atom. The van der Waals surface area contributed by atoms with E-state index in [0.717, 1.165) is 31.1 Å². The molecule has 1 aromatic carbocycles. The van der Waals surface area contributed by atoms with Crippen molar-refractivity contribution in [2.24, 2.45) is 5.92 Å². The van der Waals surface area contributed by atoms with Gasteiger partial charge in [0.2, 0.25) is 0 Å². The van der Waals surface area contributed by atoms with Crippen LogP contribution in [0.3, 0.4) is 0 Å². The molecule has 2 atom stereocenters. The molecule has 0 radical (unpaired) electrons. The van der Waals surface area contributed by atoms with Crippen molar-refractivity contribution in [3.63, 3.8) is 0 Å². The summed E-state index contributed by atoms with van der Waals surface area (Å²) < 4.78 is 2.09. The first kappa shape index (κ1) is 12.3. The summed E-state index contributed by atoms with van der Waals surface area (Å²) >= 11 is 0. The summed E-state index contributed by atoms with van der Waals surface area (Å²) in [7, 11) is 0. The predicted molar refractivity (Wildman–Crippen MR) is 79.2 cm³/mol. The summed E-state index contributed by atoms with van der Waals surface area (Å²) in [6.45, 7) is 5.57. The quantitative estimate of drug-likeness (QED) is 0.868. The van der Waals surface area contributed by atoms with E-state index in [0.29, 0.717) is 6.04 Å². The second-order valence-electron chi connectivity index (χ2n) is 5.93. The summed E-state index contributed by atoms with van der Waals surface area (Å²) in [6.07, 6.45) is 3.40. The van der Waals surface area contributed by atoms with Gasteiger partial charge in [0, 0.05) is 43.2 Å². The molecular formula is C15H21N5. The van der Waals surface area contributed by atoms with Gasteiger partial charge in [-0.3, -0.25) is 15.5 Å². The average Bonchev–Trinajstić information content (AvgIpc) is 3.10. The molecule has 2 fully saturated rings. The van der Waals surface area contributed by atoms with Crippen LogP contribution in [0.4, 0.5) is 0 Å². The Balaban J connectivity index is 1.38. The molecule has 106 valence electrons. The lowest BCUT2D eigenvalue weighted by atomic mass is 9.94. The fourth-order valence-corrected chi connectivity index (χ4v) is 3.40. The van der Waals surface area contributed by atoms with Crippen molar-refractivity contribution in [2.45, 2.75) is 19.0 Å². The van der Waals surface area contributed by atoms with E-state index in [4.69, 9.17) is 0 Å². The number of hydrogen-bond donors (Lipinski definition) is 2. The number of likely N-dealkylation sites (tertiary alicyclic amines) is 1. The van der Waals surface area contributed by atoms with Gasteiger partial charge in [-0.05, 0) is 19.0 Å². The van der Waals surface area contributed by atoms with Crippen LogP contribution in [0.5, 0.6) is 0 Å². The molecule has 3 heterocycles. The largest absolute Gasteiger partial charge is 0.301 e. The number of piperidine rings is 1. The Bertz CT molecular complexity index is 560. The second kappa shape index (κ2) is 5.16. The minimum atomic E-state index is 0.679. The van der Waals surface area contributed by atoms with E-state index in [-0.39, 0.29) is 0 Å². The van der Waals surface area contributed by atoms with Gasteiger partial charge in [0.1, 0.15) is 0 Å². The lowest BCUT2D eigenvalue weighted by molar-refractivity contribution is 0.161. The number of fused-ring (bicyclic) bond motifs is 2. The summed E-state index contributed by atoms with van der Waals surface area (Å²) in [5, 5.41) is 5.86. The van der Waals surface area contributed by atoms with Crippen LogP contribution < -0.4 is 10.9 Å². The normalized spacial score (nSPS) is 27.0. The molecule has 1 aromatic heterocycles. The fraction of sp³-hybridized carbons (Fsp3) is 0.533. The van der Waals surface area contributed by atoms with Crippen molar-refractivity contribution in [1.82, 2.24) is 25.5 Å². The third-order valence-corrected chi connectivity index (χ3v) is 4.58. The van der Waals surface area contributed by atoms with Crippen molar-refractivity contribution < 1.29 is 0 Å². The maximum atomic E-state index is 4.63. The van der Waals surface area contributed by atoms with Gasteiger partial charge in [-0.25, -0.2) is 0 Å². The van der Waals surface area contributed by atoms with Crippen molar-refractivity contribution in [3.05, 3.63) is 30.5 Å². The molecule has 0 bridgehead atoms. The van der Waals surface area contributed by atoms with Crippen LogP contribution in [0.1, 0.15) is 6.42 Å². The Kier molecular flexibility index (Phi) is 3.18. The summed E-state index contributed by atoms with van der Waals surface area (Å²) in [5.74, 6) is 0.764. The molecule has 2 unspecified atom stereocenters. The molecule has 4 rings (SSSR count). The van der Waals surface area contributed by atoms with E-state index in [2.05, 4.69) is 49.9 Å². The zero-order valence-corrected chi connectivity index (χ0v) is 11.6. The van der Waals surface area contributed by atoms with E-state index < -0.39 is 0 Å². The number of benzene rings is 1. The molecule has 0 spiro atoms. The Morgan fingerprint density at radius 1 is 1.25 bits per heavy atom. The van der Waals surface area contributed by atoms with E-state index in [1.54, 1.807) is 0 Å². The molecule has 2 saturated heterocycles. The molecule has 0 amide bonds. The molecular weight excluding hydrogens is 250 g/mol. The second-order valence-corrected chi connectivity index (χ2v) is 5.93. The van der Waals surface area contributed by atoms with Crippen LogP contribution in [0, 0.1) is 5.92 Å². The highest BCUT2D eigenvalue weighted by atomic mass is 15.4. The molecule has 0 aliphatic carbocycles. The fourth-order valence-electron chi connectivity index (χ4n) is 3.40. The molecule has 2 aromatic rings. The zero-order chi connectivity index (χ0) is 13.4. The van der Waals surface area contributed by atoms with Crippen molar-refractivity contribution in [2.75, 3.05) is 26.2 Å². The maximum absolute atomic E-state index is 4.63. The van der Waals surface area contributed by atoms with Gasteiger partial charge in [-0.15, -0.1) is 0 Å². The lowest BCUT2D eigenvalue weighted by Crippen LogP contribution is -2.46. The topological polar surface area (TPSA) is 45.1 Å². The van der Waals surface area contributed by atoms with Gasteiger partial charge in [0.15, 0.2) is 0 Å². The minimum Gasteiger partial charge on any atom is -0.301 e. The Labute approximate surface area is 118 Å².